The SMILES string of the molecule is Cc1cccc(CC(=O)Nc2c(N)cc(C)cc2Br)c1. The third-order valence-corrected chi connectivity index (χ3v) is 3.60. The quantitative estimate of drug-likeness (QED) is 0.839. The molecule has 0 fully saturated rings. The molecule has 2 aromatic carbocycles. The lowest BCUT2D eigenvalue weighted by molar-refractivity contribution is -0.115. The lowest BCUT2D eigenvalue weighted by Crippen LogP contribution is -2.16. The minimum Gasteiger partial charge on any atom is -0.397 e. The number of nitrogen functional groups attached to an aromatic ring is 1. The third kappa shape index (κ3) is 3.61. The molecular weight excluding hydrogens is 316 g/mol. The van der Waals surface area contributed by atoms with Crippen LogP contribution in [0.3, 0.4) is 0 Å². The number of hydrogen-bond donors (Lipinski definition) is 2. The predicted octanol–water partition coefficient (Wildman–Crippen LogP) is 3.83. The average Bonchev–Trinajstić information content (AvgIpc) is 2.33. The summed E-state index contributed by atoms with van der Waals surface area (Å²) < 4.78 is 0.799. The third-order valence-electron chi connectivity index (χ3n) is 2.98. The van der Waals surface area contributed by atoms with Gasteiger partial charge in [-0.05, 0) is 53.0 Å². The Bertz CT molecular complexity index is 630. The highest BCUT2D eigenvalue weighted by Gasteiger charge is 2.10. The lowest BCUT2D eigenvalue weighted by Gasteiger charge is -2.11. The topological polar surface area (TPSA) is 55.1 Å². The van der Waals surface area contributed by atoms with Crippen LogP contribution in [-0.2, 0) is 11.2 Å². The molecule has 2 rings (SSSR count). The first kappa shape index (κ1) is 14.6. The molecule has 0 aliphatic carbocycles. The first-order valence-electron chi connectivity index (χ1n) is 6.36. The molecule has 3 nitrogen and oxygen atoms in total. The number of rotatable bonds is 3. The number of benzene rings is 2. The number of carbonyl (C=O) groups is 1. The smallest absolute Gasteiger partial charge is 0.228 e. The minimum absolute atomic E-state index is 0.0770. The van der Waals surface area contributed by atoms with Crippen LogP contribution in [-0.4, -0.2) is 5.91 Å². The van der Waals surface area contributed by atoms with Gasteiger partial charge in [-0.15, -0.1) is 0 Å². The van der Waals surface area contributed by atoms with E-state index in [4.69, 9.17) is 5.73 Å². The normalized spacial score (nSPS) is 10.3. The number of hydrogen-bond acceptors (Lipinski definition) is 2. The molecular formula is C16H17BrN2O. The fourth-order valence-corrected chi connectivity index (χ4v) is 2.78. The van der Waals surface area contributed by atoms with Crippen LogP contribution in [0.4, 0.5) is 11.4 Å². The predicted molar refractivity (Wildman–Crippen MR) is 86.8 cm³/mol. The summed E-state index contributed by atoms with van der Waals surface area (Å²) in [6, 6.07) is 11.7. The summed E-state index contributed by atoms with van der Waals surface area (Å²) in [6.07, 6.45) is 0.335. The van der Waals surface area contributed by atoms with E-state index in [0.717, 1.165) is 21.2 Å². The number of carbonyl (C=O) groups excluding carboxylic acids is 1. The zero-order chi connectivity index (χ0) is 14.7. The molecule has 0 atom stereocenters. The van der Waals surface area contributed by atoms with E-state index in [0.29, 0.717) is 17.8 Å². The van der Waals surface area contributed by atoms with Crippen LogP contribution in [0.15, 0.2) is 40.9 Å². The molecule has 0 bridgehead atoms. The Morgan fingerprint density at radius 2 is 1.95 bits per heavy atom. The molecule has 4 heteroatoms. The molecule has 3 N–H and O–H groups in total. The van der Waals surface area contributed by atoms with Crippen LogP contribution in [0.2, 0.25) is 0 Å². The van der Waals surface area contributed by atoms with Gasteiger partial charge >= 0.3 is 0 Å². The molecule has 0 radical (unpaired) electrons. The monoisotopic (exact) mass is 332 g/mol. The van der Waals surface area contributed by atoms with E-state index in [9.17, 15) is 4.79 Å². The molecule has 0 spiro atoms. The van der Waals surface area contributed by atoms with Crippen molar-refractivity contribution in [1.82, 2.24) is 0 Å². The Morgan fingerprint density at radius 1 is 1.20 bits per heavy atom. The summed E-state index contributed by atoms with van der Waals surface area (Å²) >= 11 is 3.43. The number of amides is 1. The number of halogens is 1. The van der Waals surface area contributed by atoms with Crippen LogP contribution in [0.1, 0.15) is 16.7 Å². The maximum absolute atomic E-state index is 12.1. The fourth-order valence-electron chi connectivity index (χ4n) is 2.09. The number of nitrogens with one attached hydrogen (secondary N) is 1. The van der Waals surface area contributed by atoms with Crippen molar-refractivity contribution in [3.05, 3.63) is 57.6 Å². The molecule has 0 aliphatic rings. The Hall–Kier alpha value is -1.81. The largest absolute Gasteiger partial charge is 0.397 e. The zero-order valence-corrected chi connectivity index (χ0v) is 13.1. The molecule has 1 amide bonds. The van der Waals surface area contributed by atoms with Gasteiger partial charge in [0.05, 0.1) is 17.8 Å². The zero-order valence-electron chi connectivity index (χ0n) is 11.5. The molecule has 20 heavy (non-hydrogen) atoms. The van der Waals surface area contributed by atoms with Crippen molar-refractivity contribution in [2.45, 2.75) is 20.3 Å². The molecule has 0 saturated heterocycles. The minimum atomic E-state index is -0.0770. The number of nitrogens with two attached hydrogens (primary N) is 1. The van der Waals surface area contributed by atoms with E-state index in [-0.39, 0.29) is 5.91 Å². The highest BCUT2D eigenvalue weighted by atomic mass is 79.9. The van der Waals surface area contributed by atoms with E-state index < -0.39 is 0 Å². The van der Waals surface area contributed by atoms with Gasteiger partial charge in [0.2, 0.25) is 5.91 Å². The van der Waals surface area contributed by atoms with E-state index in [2.05, 4.69) is 21.2 Å². The summed E-state index contributed by atoms with van der Waals surface area (Å²) in [4.78, 5) is 12.1. The van der Waals surface area contributed by atoms with Crippen molar-refractivity contribution < 1.29 is 4.79 Å². The van der Waals surface area contributed by atoms with Gasteiger partial charge in [-0.25, -0.2) is 0 Å². The van der Waals surface area contributed by atoms with Gasteiger partial charge in [0, 0.05) is 4.47 Å². The van der Waals surface area contributed by atoms with E-state index >= 15 is 0 Å². The van der Waals surface area contributed by atoms with E-state index in [1.165, 1.54) is 0 Å². The fraction of sp³-hybridized carbons (Fsp3) is 0.188. The van der Waals surface area contributed by atoms with Gasteiger partial charge in [0.15, 0.2) is 0 Å². The van der Waals surface area contributed by atoms with Gasteiger partial charge in [-0.2, -0.15) is 0 Å². The summed E-state index contributed by atoms with van der Waals surface area (Å²) in [7, 11) is 0. The van der Waals surface area contributed by atoms with Crippen LogP contribution < -0.4 is 11.1 Å². The van der Waals surface area contributed by atoms with Crippen LogP contribution in [0.5, 0.6) is 0 Å². The summed E-state index contributed by atoms with van der Waals surface area (Å²) in [6.45, 7) is 3.97. The van der Waals surface area contributed by atoms with Crippen molar-refractivity contribution in [2.75, 3.05) is 11.1 Å². The standard InChI is InChI=1S/C16H17BrN2O/c1-10-4-3-5-12(6-10)9-15(20)19-16-13(17)7-11(2)8-14(16)18/h3-8H,9,18H2,1-2H3,(H,19,20). The molecule has 2 aromatic rings. The van der Waals surface area contributed by atoms with Gasteiger partial charge in [0.25, 0.3) is 0 Å². The molecule has 0 aromatic heterocycles. The molecule has 0 aliphatic heterocycles. The number of anilines is 2. The highest BCUT2D eigenvalue weighted by Crippen LogP contribution is 2.30. The first-order chi connectivity index (χ1) is 9.45. The second-order valence-electron chi connectivity index (χ2n) is 4.92. The van der Waals surface area contributed by atoms with Crippen LogP contribution in [0.25, 0.3) is 0 Å². The Morgan fingerprint density at radius 3 is 2.60 bits per heavy atom. The summed E-state index contributed by atoms with van der Waals surface area (Å²) in [5.74, 6) is -0.0770. The van der Waals surface area contributed by atoms with Gasteiger partial charge in [0.1, 0.15) is 0 Å². The maximum Gasteiger partial charge on any atom is 0.228 e. The molecule has 0 heterocycles. The molecule has 0 saturated carbocycles. The second-order valence-corrected chi connectivity index (χ2v) is 5.78. The lowest BCUT2D eigenvalue weighted by atomic mass is 10.1. The van der Waals surface area contributed by atoms with Crippen LogP contribution in [0, 0.1) is 13.8 Å². The van der Waals surface area contributed by atoms with Gasteiger partial charge < -0.3 is 11.1 Å². The van der Waals surface area contributed by atoms with Crippen molar-refractivity contribution in [2.24, 2.45) is 0 Å². The Balaban J connectivity index is 2.13. The van der Waals surface area contributed by atoms with E-state index in [1.807, 2.05) is 50.2 Å². The highest BCUT2D eigenvalue weighted by molar-refractivity contribution is 9.10. The van der Waals surface area contributed by atoms with Gasteiger partial charge in [-0.3, -0.25) is 4.79 Å². The molecule has 0 unspecified atom stereocenters. The van der Waals surface area contributed by atoms with Crippen molar-refractivity contribution in [3.8, 4) is 0 Å². The Kier molecular flexibility index (Phi) is 4.45. The van der Waals surface area contributed by atoms with Crippen LogP contribution >= 0.6 is 15.9 Å². The van der Waals surface area contributed by atoms with Gasteiger partial charge in [-0.1, -0.05) is 29.8 Å². The molecule has 104 valence electrons. The maximum atomic E-state index is 12.1. The second kappa shape index (κ2) is 6.09. The van der Waals surface area contributed by atoms with E-state index in [1.54, 1.807) is 0 Å². The Labute approximate surface area is 127 Å². The van der Waals surface area contributed by atoms with Crippen molar-refractivity contribution in [1.29, 1.82) is 0 Å². The summed E-state index contributed by atoms with van der Waals surface area (Å²) in [5, 5.41) is 2.86. The van der Waals surface area contributed by atoms with Crippen molar-refractivity contribution >= 4 is 33.2 Å². The van der Waals surface area contributed by atoms with Crippen molar-refractivity contribution in [3.63, 3.8) is 0 Å². The number of aryl methyl sites for hydroxylation is 2. The summed E-state index contributed by atoms with van der Waals surface area (Å²) in [5.41, 5.74) is 10.3. The average molecular weight is 333 g/mol. The first-order valence-corrected chi connectivity index (χ1v) is 7.16.